The number of rotatable bonds is 10. The van der Waals surface area contributed by atoms with Gasteiger partial charge in [-0.3, -0.25) is 0 Å². The van der Waals surface area contributed by atoms with E-state index < -0.39 is 8.41 Å². The zero-order valence-electron chi connectivity index (χ0n) is 13.3. The average Bonchev–Trinajstić information content (AvgIpc) is 2.27. The number of hydrogen-bond acceptors (Lipinski definition) is 1. The highest BCUT2D eigenvalue weighted by molar-refractivity contribution is 6.75. The molecular weight excluding hydrogens is 255 g/mol. The Bertz CT molecular complexity index is 278. The van der Waals surface area contributed by atoms with Crippen molar-refractivity contribution >= 4 is 14.2 Å². The predicted molar refractivity (Wildman–Crippen MR) is 84.7 cm³/mol. The summed E-state index contributed by atoms with van der Waals surface area (Å²) in [5.74, 6) is 0.590. The van der Waals surface area contributed by atoms with Gasteiger partial charge in [0.05, 0.1) is 0 Å². The van der Waals surface area contributed by atoms with Crippen molar-refractivity contribution in [1.82, 2.24) is 0 Å². The number of Topliss-reactive ketones (excluding diaryl/α,β-unsaturated/α-hetero) is 1. The molecule has 1 unspecified atom stereocenters. The topological polar surface area (TPSA) is 17.1 Å². The first kappa shape index (κ1) is 18.6. The zero-order chi connectivity index (χ0) is 15.1. The van der Waals surface area contributed by atoms with Crippen molar-refractivity contribution in [1.29, 1.82) is 0 Å². The highest BCUT2D eigenvalue weighted by atomic mass is 28.4. The van der Waals surface area contributed by atoms with Crippen molar-refractivity contribution in [2.24, 2.45) is 5.92 Å². The third-order valence-corrected chi connectivity index (χ3v) is 9.20. The van der Waals surface area contributed by atoms with Crippen LogP contribution >= 0.6 is 0 Å². The van der Waals surface area contributed by atoms with Crippen LogP contribution in [0.3, 0.4) is 0 Å². The molecule has 0 fully saturated rings. The SMILES string of the molecule is C=CCC(CCCC(C)=O)C[Si](F)(C(C)C)C(C)C. The molecule has 0 aliphatic carbocycles. The quantitative estimate of drug-likeness (QED) is 0.287. The number of carbonyl (C=O) groups excluding carboxylic acids is 1. The van der Waals surface area contributed by atoms with Crippen LogP contribution < -0.4 is 0 Å². The Morgan fingerprint density at radius 2 is 1.79 bits per heavy atom. The number of allylic oxidation sites excluding steroid dienone is 1. The smallest absolute Gasteiger partial charge is 0.252 e. The van der Waals surface area contributed by atoms with E-state index >= 15 is 4.11 Å². The molecule has 0 aliphatic heterocycles. The molecule has 0 rings (SSSR count). The molecule has 0 radical (unpaired) electrons. The Kier molecular flexibility index (Phi) is 8.47. The lowest BCUT2D eigenvalue weighted by molar-refractivity contribution is -0.117. The molecule has 0 heterocycles. The Balaban J connectivity index is 4.61. The van der Waals surface area contributed by atoms with Crippen LogP contribution in [0.4, 0.5) is 4.11 Å². The molecule has 0 amide bonds. The molecule has 0 aromatic rings. The molecule has 1 atom stereocenters. The summed E-state index contributed by atoms with van der Waals surface area (Å²) in [6, 6.07) is 0.715. The van der Waals surface area contributed by atoms with Crippen LogP contribution in [0, 0.1) is 5.92 Å². The molecule has 112 valence electrons. The molecule has 0 saturated heterocycles. The largest absolute Gasteiger partial charge is 0.313 e. The predicted octanol–water partition coefficient (Wildman–Crippen LogP) is 5.67. The van der Waals surface area contributed by atoms with Crippen molar-refractivity contribution in [2.75, 3.05) is 0 Å². The van der Waals surface area contributed by atoms with Crippen molar-refractivity contribution < 1.29 is 8.90 Å². The summed E-state index contributed by atoms with van der Waals surface area (Å²) in [6.07, 6.45) is 5.22. The molecule has 0 bridgehead atoms. The van der Waals surface area contributed by atoms with Crippen LogP contribution in [0.25, 0.3) is 0 Å². The zero-order valence-corrected chi connectivity index (χ0v) is 14.3. The minimum atomic E-state index is -2.71. The first-order chi connectivity index (χ1) is 8.74. The molecule has 0 N–H and O–H groups in total. The van der Waals surface area contributed by atoms with Gasteiger partial charge in [-0.1, -0.05) is 33.8 Å². The summed E-state index contributed by atoms with van der Waals surface area (Å²) in [5, 5.41) is 0. The number of ketones is 1. The molecule has 0 spiro atoms. The Labute approximate surface area is 119 Å². The van der Waals surface area contributed by atoms with Gasteiger partial charge < -0.3 is 8.90 Å². The van der Waals surface area contributed by atoms with Crippen LogP contribution in [-0.2, 0) is 4.79 Å². The van der Waals surface area contributed by atoms with Crippen molar-refractivity contribution in [2.45, 2.75) is 77.4 Å². The maximum Gasteiger partial charge on any atom is 0.252 e. The van der Waals surface area contributed by atoms with Crippen molar-refractivity contribution in [3.8, 4) is 0 Å². The van der Waals surface area contributed by atoms with Gasteiger partial charge in [0.2, 0.25) is 0 Å². The lowest BCUT2D eigenvalue weighted by Gasteiger charge is -2.33. The standard InChI is InChI=1S/C16H31FOSi/c1-7-9-16(11-8-10-15(6)18)12-19(17,13(2)3)14(4)5/h7,13-14,16H,1,8-12H2,2-6H3. The highest BCUT2D eigenvalue weighted by Crippen LogP contribution is 2.41. The van der Waals surface area contributed by atoms with Gasteiger partial charge in [-0.25, -0.2) is 0 Å². The molecule has 0 aromatic heterocycles. The first-order valence-electron chi connectivity index (χ1n) is 7.53. The van der Waals surface area contributed by atoms with Crippen LogP contribution in [0.2, 0.25) is 17.1 Å². The monoisotopic (exact) mass is 286 g/mol. The minimum Gasteiger partial charge on any atom is -0.313 e. The summed E-state index contributed by atoms with van der Waals surface area (Å²) < 4.78 is 15.2. The second-order valence-electron chi connectivity index (χ2n) is 6.42. The van der Waals surface area contributed by atoms with Gasteiger partial charge >= 0.3 is 0 Å². The van der Waals surface area contributed by atoms with E-state index in [-0.39, 0.29) is 16.9 Å². The van der Waals surface area contributed by atoms with Gasteiger partial charge in [0.15, 0.2) is 0 Å². The normalized spacial score (nSPS) is 13.9. The van der Waals surface area contributed by atoms with E-state index in [1.54, 1.807) is 6.92 Å². The summed E-state index contributed by atoms with van der Waals surface area (Å²) in [6.45, 7) is 13.5. The van der Waals surface area contributed by atoms with Gasteiger partial charge in [0.1, 0.15) is 5.78 Å². The van der Waals surface area contributed by atoms with Gasteiger partial charge in [-0.05, 0) is 49.2 Å². The lowest BCUT2D eigenvalue weighted by Crippen LogP contribution is -2.38. The number of halogens is 1. The minimum absolute atomic E-state index is 0.160. The van der Waals surface area contributed by atoms with Crippen LogP contribution in [0.1, 0.15) is 60.3 Å². The van der Waals surface area contributed by atoms with E-state index in [0.717, 1.165) is 19.3 Å². The summed E-state index contributed by atoms with van der Waals surface area (Å²) >= 11 is 0. The maximum absolute atomic E-state index is 15.2. The third-order valence-electron chi connectivity index (χ3n) is 4.16. The molecule has 0 saturated carbocycles. The van der Waals surface area contributed by atoms with E-state index in [1.165, 1.54) is 0 Å². The van der Waals surface area contributed by atoms with Crippen LogP contribution in [0.15, 0.2) is 12.7 Å². The second-order valence-corrected chi connectivity index (χ2v) is 11.0. The molecule has 0 aromatic carbocycles. The summed E-state index contributed by atoms with van der Waals surface area (Å²) in [5.41, 5.74) is 0.320. The fraction of sp³-hybridized carbons (Fsp3) is 0.812. The van der Waals surface area contributed by atoms with Crippen molar-refractivity contribution in [3.63, 3.8) is 0 Å². The lowest BCUT2D eigenvalue weighted by atomic mass is 9.99. The summed E-state index contributed by atoms with van der Waals surface area (Å²) in [7, 11) is -2.71. The van der Waals surface area contributed by atoms with Gasteiger partial charge in [-0.2, -0.15) is 0 Å². The first-order valence-corrected chi connectivity index (χ1v) is 9.77. The molecule has 1 nitrogen and oxygen atoms in total. The third kappa shape index (κ3) is 6.51. The van der Waals surface area contributed by atoms with Gasteiger partial charge in [0.25, 0.3) is 8.41 Å². The molecular formula is C16H31FOSi. The Morgan fingerprint density at radius 3 is 2.16 bits per heavy atom. The second kappa shape index (κ2) is 8.67. The maximum atomic E-state index is 15.2. The molecule has 19 heavy (non-hydrogen) atoms. The molecule has 3 heteroatoms. The van der Waals surface area contributed by atoms with Gasteiger partial charge in [-0.15, -0.1) is 6.58 Å². The van der Waals surface area contributed by atoms with Crippen molar-refractivity contribution in [3.05, 3.63) is 12.7 Å². The highest BCUT2D eigenvalue weighted by Gasteiger charge is 2.42. The van der Waals surface area contributed by atoms with E-state index in [1.807, 2.05) is 33.8 Å². The molecule has 0 aliphatic rings. The van der Waals surface area contributed by atoms with E-state index in [2.05, 4.69) is 6.58 Å². The van der Waals surface area contributed by atoms with E-state index in [0.29, 0.717) is 18.4 Å². The number of hydrogen-bond donors (Lipinski definition) is 0. The Hall–Kier alpha value is -0.443. The van der Waals surface area contributed by atoms with Crippen LogP contribution in [0.5, 0.6) is 0 Å². The average molecular weight is 287 g/mol. The van der Waals surface area contributed by atoms with Gasteiger partial charge in [0, 0.05) is 6.42 Å². The van der Waals surface area contributed by atoms with E-state index in [9.17, 15) is 4.79 Å². The van der Waals surface area contributed by atoms with Crippen LogP contribution in [-0.4, -0.2) is 14.2 Å². The van der Waals surface area contributed by atoms with E-state index in [4.69, 9.17) is 0 Å². The fourth-order valence-corrected chi connectivity index (χ4v) is 6.29. The fourth-order valence-electron chi connectivity index (χ4n) is 2.76. The summed E-state index contributed by atoms with van der Waals surface area (Å²) in [4.78, 5) is 11.0. The Morgan fingerprint density at radius 1 is 1.26 bits per heavy atom. The number of carbonyl (C=O) groups is 1.